The maximum atomic E-state index is 13.0. The molecule has 40 heavy (non-hydrogen) atoms. The molecule has 0 unspecified atom stereocenters. The second-order valence-electron chi connectivity index (χ2n) is 10.1. The quantitative estimate of drug-likeness (QED) is 0.211. The van der Waals surface area contributed by atoms with Crippen molar-refractivity contribution in [3.8, 4) is 11.5 Å². The lowest BCUT2D eigenvalue weighted by molar-refractivity contribution is -0.114. The van der Waals surface area contributed by atoms with Gasteiger partial charge in [0.2, 0.25) is 0 Å². The van der Waals surface area contributed by atoms with E-state index in [0.29, 0.717) is 35.8 Å². The Morgan fingerprint density at radius 3 is 1.30 bits per heavy atom. The molecule has 0 fully saturated rings. The minimum atomic E-state index is -0.209. The summed E-state index contributed by atoms with van der Waals surface area (Å²) in [7, 11) is 0. The van der Waals surface area contributed by atoms with Gasteiger partial charge in [0.1, 0.15) is 11.5 Å². The highest BCUT2D eigenvalue weighted by Gasteiger charge is 2.30. The lowest BCUT2D eigenvalue weighted by Gasteiger charge is -2.23. The Kier molecular flexibility index (Phi) is 10.8. The first kappa shape index (κ1) is 28.9. The molecule has 0 saturated carbocycles. The van der Waals surface area contributed by atoms with Crippen molar-refractivity contribution < 1.29 is 19.1 Å². The number of benzene rings is 2. The molecular formula is C34H40N2O4. The van der Waals surface area contributed by atoms with Gasteiger partial charge in [-0.15, -0.1) is 0 Å². The molecule has 210 valence electrons. The van der Waals surface area contributed by atoms with Gasteiger partial charge in [0.15, 0.2) is 11.6 Å². The number of hydrogen-bond acceptors (Lipinski definition) is 6. The molecule has 4 rings (SSSR count). The van der Waals surface area contributed by atoms with E-state index in [1.165, 1.54) is 50.7 Å². The van der Waals surface area contributed by atoms with E-state index < -0.39 is 0 Å². The Morgan fingerprint density at radius 1 is 0.525 bits per heavy atom. The number of rotatable bonds is 16. The molecule has 0 bridgehead atoms. The Labute approximate surface area is 237 Å². The van der Waals surface area contributed by atoms with Crippen LogP contribution in [-0.4, -0.2) is 24.8 Å². The van der Waals surface area contributed by atoms with Crippen LogP contribution in [0.2, 0.25) is 0 Å². The Morgan fingerprint density at radius 2 is 0.925 bits per heavy atom. The zero-order chi connectivity index (χ0) is 28.2. The number of carbonyl (C=O) groups is 2. The predicted octanol–water partition coefficient (Wildman–Crippen LogP) is 7.91. The van der Waals surface area contributed by atoms with Crippen LogP contribution in [0.1, 0.15) is 65.2 Å². The van der Waals surface area contributed by atoms with Gasteiger partial charge in [-0.2, -0.15) is 0 Å². The largest absolute Gasteiger partial charge is 0.494 e. The molecule has 0 radical (unpaired) electrons. The highest BCUT2D eigenvalue weighted by Crippen LogP contribution is 2.32. The summed E-state index contributed by atoms with van der Waals surface area (Å²) in [6.45, 7) is 5.79. The summed E-state index contributed by atoms with van der Waals surface area (Å²) in [6.07, 6.45) is 15.6. The molecular weight excluding hydrogens is 500 g/mol. The van der Waals surface area contributed by atoms with Crippen molar-refractivity contribution in [2.75, 3.05) is 23.8 Å². The molecule has 6 heteroatoms. The molecule has 6 nitrogen and oxygen atoms in total. The molecule has 0 saturated heterocycles. The summed E-state index contributed by atoms with van der Waals surface area (Å²) in [6, 6.07) is 15.3. The van der Waals surface area contributed by atoms with Crippen molar-refractivity contribution in [1.82, 2.24) is 0 Å². The summed E-state index contributed by atoms with van der Waals surface area (Å²) < 4.78 is 11.7. The van der Waals surface area contributed by atoms with E-state index >= 15 is 0 Å². The summed E-state index contributed by atoms with van der Waals surface area (Å²) in [4.78, 5) is 25.9. The van der Waals surface area contributed by atoms with Crippen LogP contribution in [-0.2, 0) is 9.59 Å². The van der Waals surface area contributed by atoms with E-state index in [-0.39, 0.29) is 11.6 Å². The van der Waals surface area contributed by atoms with Crippen molar-refractivity contribution in [3.05, 3.63) is 95.4 Å². The van der Waals surface area contributed by atoms with Crippen LogP contribution in [0.25, 0.3) is 0 Å². The number of unbranched alkanes of at least 4 members (excludes halogenated alkanes) is 6. The fourth-order valence-corrected chi connectivity index (χ4v) is 4.66. The lowest BCUT2D eigenvalue weighted by Crippen LogP contribution is -2.24. The number of ketones is 2. The maximum absolute atomic E-state index is 13.0. The molecule has 2 aromatic rings. The number of allylic oxidation sites excluding steroid dienone is 6. The van der Waals surface area contributed by atoms with Gasteiger partial charge in [0.05, 0.1) is 35.8 Å². The zero-order valence-electron chi connectivity index (χ0n) is 23.6. The first-order chi connectivity index (χ1) is 19.6. The van der Waals surface area contributed by atoms with Crippen LogP contribution < -0.4 is 20.1 Å². The van der Waals surface area contributed by atoms with Crippen LogP contribution in [0, 0.1) is 0 Å². The van der Waals surface area contributed by atoms with Gasteiger partial charge in [0, 0.05) is 11.4 Å². The van der Waals surface area contributed by atoms with Gasteiger partial charge in [-0.05, 0) is 85.7 Å². The third-order valence-corrected chi connectivity index (χ3v) is 6.88. The minimum absolute atomic E-state index is 0.209. The molecule has 0 heterocycles. The van der Waals surface area contributed by atoms with Gasteiger partial charge in [-0.3, -0.25) is 9.59 Å². The molecule has 0 aromatic heterocycles. The highest BCUT2D eigenvalue weighted by molar-refractivity contribution is 6.23. The number of carbonyl (C=O) groups excluding carboxylic acids is 2. The second-order valence-corrected chi connectivity index (χ2v) is 10.1. The standard InChI is InChI=1S/C34H40N2O4/c1-3-5-7-9-23-39-27-15-11-25(12-16-27)35-29-19-21-32(38)34-30(20-22-31(37)33(29)34)36-26-13-17-28(18-14-26)40-24-10-8-6-4-2/h11-22,35-36H,3-10,23-24H2,1-2H3. The van der Waals surface area contributed by atoms with Crippen LogP contribution >= 0.6 is 0 Å². The number of fused-ring (bicyclic) bond motifs is 1. The average molecular weight is 541 g/mol. The molecule has 0 amide bonds. The number of nitrogens with one attached hydrogen (secondary N) is 2. The van der Waals surface area contributed by atoms with Crippen molar-refractivity contribution in [2.24, 2.45) is 0 Å². The topological polar surface area (TPSA) is 76.7 Å². The van der Waals surface area contributed by atoms with Gasteiger partial charge < -0.3 is 20.1 Å². The van der Waals surface area contributed by atoms with E-state index in [1.54, 1.807) is 12.2 Å². The van der Waals surface area contributed by atoms with Crippen LogP contribution in [0.3, 0.4) is 0 Å². The van der Waals surface area contributed by atoms with Crippen LogP contribution in [0.4, 0.5) is 11.4 Å². The molecule has 0 spiro atoms. The van der Waals surface area contributed by atoms with Crippen LogP contribution in [0.5, 0.6) is 11.5 Å². The van der Waals surface area contributed by atoms with Crippen molar-refractivity contribution >= 4 is 22.9 Å². The molecule has 2 N–H and O–H groups in total. The number of anilines is 2. The smallest absolute Gasteiger partial charge is 0.188 e. The van der Waals surface area contributed by atoms with E-state index in [9.17, 15) is 9.59 Å². The predicted molar refractivity (Wildman–Crippen MR) is 162 cm³/mol. The average Bonchev–Trinajstić information content (AvgIpc) is 2.97. The van der Waals surface area contributed by atoms with Crippen molar-refractivity contribution in [1.29, 1.82) is 0 Å². The number of hydrogen-bond donors (Lipinski definition) is 2. The molecule has 2 aliphatic carbocycles. The highest BCUT2D eigenvalue weighted by atomic mass is 16.5. The van der Waals surface area contributed by atoms with Gasteiger partial charge in [-0.1, -0.05) is 52.4 Å². The van der Waals surface area contributed by atoms with E-state index in [2.05, 4.69) is 24.5 Å². The van der Waals surface area contributed by atoms with Crippen LogP contribution in [0.15, 0.2) is 95.4 Å². The lowest BCUT2D eigenvalue weighted by atomic mass is 9.86. The third-order valence-electron chi connectivity index (χ3n) is 6.88. The summed E-state index contributed by atoms with van der Waals surface area (Å²) in [5.74, 6) is 1.20. The van der Waals surface area contributed by atoms with E-state index in [1.807, 2.05) is 48.5 Å². The van der Waals surface area contributed by atoms with E-state index in [4.69, 9.17) is 9.47 Å². The SMILES string of the molecule is CCCCCCOc1ccc(NC2=C3C(=O)C=CC(Nc4ccc(OCCCCCC)cc4)=C3C(=O)C=C2)cc1. The summed E-state index contributed by atoms with van der Waals surface area (Å²) in [5, 5.41) is 6.64. The maximum Gasteiger partial charge on any atom is 0.188 e. The zero-order valence-corrected chi connectivity index (χ0v) is 23.6. The Hall–Kier alpha value is -4.06. The fourth-order valence-electron chi connectivity index (χ4n) is 4.66. The molecule has 2 aromatic carbocycles. The van der Waals surface area contributed by atoms with E-state index in [0.717, 1.165) is 35.7 Å². The molecule has 0 aliphatic heterocycles. The minimum Gasteiger partial charge on any atom is -0.494 e. The molecule has 2 aliphatic rings. The Bertz CT molecular complexity index is 1180. The fraction of sp³-hybridized carbons (Fsp3) is 0.353. The number of ether oxygens (including phenoxy) is 2. The summed E-state index contributed by atoms with van der Waals surface area (Å²) >= 11 is 0. The van der Waals surface area contributed by atoms with Gasteiger partial charge in [-0.25, -0.2) is 0 Å². The first-order valence-electron chi connectivity index (χ1n) is 14.5. The Balaban J connectivity index is 1.44. The molecule has 0 atom stereocenters. The summed E-state index contributed by atoms with van der Waals surface area (Å²) in [5.41, 5.74) is 3.51. The normalized spacial score (nSPS) is 14.4. The van der Waals surface area contributed by atoms with Crippen molar-refractivity contribution in [3.63, 3.8) is 0 Å². The monoisotopic (exact) mass is 540 g/mol. The van der Waals surface area contributed by atoms with Gasteiger partial charge in [0.25, 0.3) is 0 Å². The van der Waals surface area contributed by atoms with Gasteiger partial charge >= 0.3 is 0 Å². The van der Waals surface area contributed by atoms with Crippen molar-refractivity contribution in [2.45, 2.75) is 65.2 Å². The second kappa shape index (κ2) is 14.9. The third kappa shape index (κ3) is 7.98. The first-order valence-corrected chi connectivity index (χ1v) is 14.5.